The summed E-state index contributed by atoms with van der Waals surface area (Å²) in [4.78, 5) is 41.5. The topological polar surface area (TPSA) is 91.4 Å². The summed E-state index contributed by atoms with van der Waals surface area (Å²) in [5.74, 6) is -0.884. The van der Waals surface area contributed by atoms with Gasteiger partial charge in [-0.05, 0) is 31.5 Å². The highest BCUT2D eigenvalue weighted by Gasteiger charge is 2.46. The van der Waals surface area contributed by atoms with Crippen LogP contribution in [0.4, 0.5) is 9.93 Å². The molecule has 2 aromatic rings. The Morgan fingerprint density at radius 2 is 2.21 bits per heavy atom. The fourth-order valence-electron chi connectivity index (χ4n) is 2.38. The summed E-state index contributed by atoms with van der Waals surface area (Å²) in [7, 11) is 0. The molecule has 9 heteroatoms. The van der Waals surface area contributed by atoms with Crippen molar-refractivity contribution in [1.29, 1.82) is 0 Å². The maximum Gasteiger partial charge on any atom is 0.325 e. The van der Waals surface area contributed by atoms with Crippen LogP contribution in [-0.2, 0) is 9.59 Å². The minimum absolute atomic E-state index is 0.350. The average Bonchev–Trinajstić information content (AvgIpc) is 3.00. The standard InChI is InChI=1S/C15H15ClN4O3S/c1-3-15(2)12(22)20(14(23)19-15)7-11(21)18-13-17-9-5-4-8(16)6-10(9)24-13/h4-6H,3,7H2,1-2H3,(H,19,23)(H,17,18,21). The molecule has 126 valence electrons. The van der Waals surface area contributed by atoms with Gasteiger partial charge < -0.3 is 10.6 Å². The summed E-state index contributed by atoms with van der Waals surface area (Å²) in [6.45, 7) is 3.09. The van der Waals surface area contributed by atoms with Crippen LogP contribution in [0.2, 0.25) is 5.02 Å². The zero-order chi connectivity index (χ0) is 17.5. The monoisotopic (exact) mass is 366 g/mol. The Labute approximate surface area is 147 Å². The number of imide groups is 1. The molecular weight excluding hydrogens is 352 g/mol. The molecule has 3 rings (SSSR count). The molecule has 1 fully saturated rings. The second kappa shape index (κ2) is 6.03. The predicted molar refractivity (Wildman–Crippen MR) is 92.2 cm³/mol. The quantitative estimate of drug-likeness (QED) is 0.813. The summed E-state index contributed by atoms with van der Waals surface area (Å²) >= 11 is 7.19. The number of aromatic nitrogens is 1. The van der Waals surface area contributed by atoms with Gasteiger partial charge in [0.15, 0.2) is 5.13 Å². The van der Waals surface area contributed by atoms with Crippen molar-refractivity contribution in [1.82, 2.24) is 15.2 Å². The summed E-state index contributed by atoms with van der Waals surface area (Å²) in [5.41, 5.74) is -0.238. The zero-order valence-electron chi connectivity index (χ0n) is 13.1. The Hall–Kier alpha value is -2.19. The van der Waals surface area contributed by atoms with E-state index >= 15 is 0 Å². The van der Waals surface area contributed by atoms with Gasteiger partial charge in [0.2, 0.25) is 5.91 Å². The van der Waals surface area contributed by atoms with E-state index in [2.05, 4.69) is 15.6 Å². The summed E-state index contributed by atoms with van der Waals surface area (Å²) in [6, 6.07) is 4.67. The number of urea groups is 1. The Morgan fingerprint density at radius 1 is 1.46 bits per heavy atom. The second-order valence-corrected chi connectivity index (χ2v) is 7.15. The number of nitrogens with one attached hydrogen (secondary N) is 2. The number of fused-ring (bicyclic) bond motifs is 1. The molecule has 1 saturated heterocycles. The highest BCUT2D eigenvalue weighted by Crippen LogP contribution is 2.28. The van der Waals surface area contributed by atoms with Crippen LogP contribution in [-0.4, -0.2) is 39.8 Å². The van der Waals surface area contributed by atoms with Gasteiger partial charge in [0.25, 0.3) is 5.91 Å². The molecule has 0 aliphatic carbocycles. The Morgan fingerprint density at radius 3 is 2.88 bits per heavy atom. The normalized spacial score (nSPS) is 20.5. The minimum atomic E-state index is -0.954. The van der Waals surface area contributed by atoms with Crippen molar-refractivity contribution < 1.29 is 14.4 Å². The molecule has 0 radical (unpaired) electrons. The third-order valence-corrected chi connectivity index (χ3v) is 5.12. The first-order chi connectivity index (χ1) is 11.3. The molecule has 1 unspecified atom stereocenters. The number of amides is 4. The number of hydrogen-bond donors (Lipinski definition) is 2. The highest BCUT2D eigenvalue weighted by atomic mass is 35.5. The molecule has 1 aliphatic rings. The lowest BCUT2D eigenvalue weighted by atomic mass is 9.99. The van der Waals surface area contributed by atoms with Crippen molar-refractivity contribution in [3.05, 3.63) is 23.2 Å². The van der Waals surface area contributed by atoms with E-state index in [1.807, 2.05) is 0 Å². The molecular formula is C15H15ClN4O3S. The summed E-state index contributed by atoms with van der Waals surface area (Å²) in [6.07, 6.45) is 0.453. The van der Waals surface area contributed by atoms with Crippen LogP contribution in [0.15, 0.2) is 18.2 Å². The molecule has 7 nitrogen and oxygen atoms in total. The molecule has 0 spiro atoms. The third-order valence-electron chi connectivity index (χ3n) is 3.95. The van der Waals surface area contributed by atoms with Crippen molar-refractivity contribution in [3.8, 4) is 0 Å². The van der Waals surface area contributed by atoms with Crippen molar-refractivity contribution in [2.75, 3.05) is 11.9 Å². The van der Waals surface area contributed by atoms with Crippen LogP contribution >= 0.6 is 22.9 Å². The first-order valence-electron chi connectivity index (χ1n) is 7.32. The third kappa shape index (κ3) is 2.94. The highest BCUT2D eigenvalue weighted by molar-refractivity contribution is 7.22. The Bertz CT molecular complexity index is 852. The number of carbonyl (C=O) groups is 3. The van der Waals surface area contributed by atoms with Gasteiger partial charge in [-0.25, -0.2) is 9.78 Å². The van der Waals surface area contributed by atoms with Gasteiger partial charge in [0, 0.05) is 5.02 Å². The minimum Gasteiger partial charge on any atom is -0.323 e. The predicted octanol–water partition coefficient (Wildman–Crippen LogP) is 2.61. The van der Waals surface area contributed by atoms with Gasteiger partial charge in [-0.1, -0.05) is 29.9 Å². The van der Waals surface area contributed by atoms with E-state index in [4.69, 9.17) is 11.6 Å². The summed E-state index contributed by atoms with van der Waals surface area (Å²) < 4.78 is 0.839. The molecule has 24 heavy (non-hydrogen) atoms. The van der Waals surface area contributed by atoms with Crippen LogP contribution in [0.1, 0.15) is 20.3 Å². The number of nitrogens with zero attached hydrogens (tertiary/aromatic N) is 2. The number of hydrogen-bond acceptors (Lipinski definition) is 5. The fraction of sp³-hybridized carbons (Fsp3) is 0.333. The van der Waals surface area contributed by atoms with E-state index in [-0.39, 0.29) is 6.54 Å². The van der Waals surface area contributed by atoms with Crippen LogP contribution in [0.25, 0.3) is 10.2 Å². The van der Waals surface area contributed by atoms with Crippen molar-refractivity contribution in [2.45, 2.75) is 25.8 Å². The van der Waals surface area contributed by atoms with E-state index in [0.717, 1.165) is 9.60 Å². The van der Waals surface area contributed by atoms with Gasteiger partial charge in [-0.3, -0.25) is 14.5 Å². The molecule has 2 heterocycles. The van der Waals surface area contributed by atoms with Gasteiger partial charge >= 0.3 is 6.03 Å². The van der Waals surface area contributed by atoms with Gasteiger partial charge in [0.05, 0.1) is 10.2 Å². The van der Waals surface area contributed by atoms with E-state index in [1.54, 1.807) is 32.0 Å². The smallest absolute Gasteiger partial charge is 0.323 e. The van der Waals surface area contributed by atoms with Crippen molar-refractivity contribution in [2.24, 2.45) is 0 Å². The lowest BCUT2D eigenvalue weighted by Gasteiger charge is -2.18. The first-order valence-corrected chi connectivity index (χ1v) is 8.52. The van der Waals surface area contributed by atoms with E-state index in [9.17, 15) is 14.4 Å². The SMILES string of the molecule is CCC1(C)NC(=O)N(CC(=O)Nc2nc3ccc(Cl)cc3s2)C1=O. The number of rotatable bonds is 4. The summed E-state index contributed by atoms with van der Waals surface area (Å²) in [5, 5.41) is 6.20. The second-order valence-electron chi connectivity index (χ2n) is 5.69. The maximum absolute atomic E-state index is 12.3. The van der Waals surface area contributed by atoms with Gasteiger partial charge in [0.1, 0.15) is 12.1 Å². The molecule has 4 amide bonds. The number of anilines is 1. The van der Waals surface area contributed by atoms with E-state index in [0.29, 0.717) is 22.1 Å². The van der Waals surface area contributed by atoms with Crippen LogP contribution in [0.3, 0.4) is 0 Å². The van der Waals surface area contributed by atoms with Crippen LogP contribution < -0.4 is 10.6 Å². The fourth-order valence-corrected chi connectivity index (χ4v) is 3.54. The van der Waals surface area contributed by atoms with Crippen molar-refractivity contribution >= 4 is 56.1 Å². The molecule has 1 aromatic carbocycles. The number of halogens is 1. The molecule has 0 bridgehead atoms. The number of carbonyl (C=O) groups excluding carboxylic acids is 3. The van der Waals surface area contributed by atoms with Crippen LogP contribution in [0.5, 0.6) is 0 Å². The van der Waals surface area contributed by atoms with Gasteiger partial charge in [-0.15, -0.1) is 0 Å². The van der Waals surface area contributed by atoms with Crippen molar-refractivity contribution in [3.63, 3.8) is 0 Å². The maximum atomic E-state index is 12.3. The zero-order valence-corrected chi connectivity index (χ0v) is 14.6. The lowest BCUT2D eigenvalue weighted by molar-refractivity contribution is -0.133. The van der Waals surface area contributed by atoms with E-state index < -0.39 is 23.4 Å². The number of benzene rings is 1. The van der Waals surface area contributed by atoms with E-state index in [1.165, 1.54) is 11.3 Å². The molecule has 0 saturated carbocycles. The van der Waals surface area contributed by atoms with Gasteiger partial charge in [-0.2, -0.15) is 0 Å². The Kier molecular flexibility index (Phi) is 4.18. The Balaban J connectivity index is 1.71. The first kappa shape index (κ1) is 16.7. The number of thiazole rings is 1. The molecule has 2 N–H and O–H groups in total. The lowest BCUT2D eigenvalue weighted by Crippen LogP contribution is -2.44. The molecule has 1 aromatic heterocycles. The molecule has 1 aliphatic heterocycles. The molecule has 1 atom stereocenters. The van der Waals surface area contributed by atoms with Crippen LogP contribution in [0, 0.1) is 0 Å². The largest absolute Gasteiger partial charge is 0.325 e. The average molecular weight is 367 g/mol.